The third-order valence-corrected chi connectivity index (χ3v) is 9.59. The van der Waals surface area contributed by atoms with E-state index in [2.05, 4.69) is 68.5 Å². The Balaban J connectivity index is 4.26. The molecule has 0 saturated carbocycles. The number of ether oxygens (including phenoxy) is 2. The maximum atomic E-state index is 12.5. The molecule has 3 N–H and O–H groups in total. The summed E-state index contributed by atoms with van der Waals surface area (Å²) in [6.07, 6.45) is 49.7. The van der Waals surface area contributed by atoms with Gasteiger partial charge in [0.05, 0.1) is 19.6 Å². The molecule has 0 radical (unpaired) electrons. The third kappa shape index (κ3) is 40.9. The minimum absolute atomic E-state index is 0.00483. The van der Waals surface area contributed by atoms with Crippen molar-refractivity contribution in [3.63, 3.8) is 0 Å². The van der Waals surface area contributed by atoms with Crippen molar-refractivity contribution in [3.05, 3.63) is 72.9 Å². The molecule has 0 aromatic carbocycles. The number of phosphoric acid groups is 1. The standard InChI is InChI=1S/C45H78NO8P/c1-3-5-7-9-11-13-15-17-19-20-21-22-24-25-27-29-31-33-35-37-44(47)51-41-43(42-53-55(49,50)52-40-39-46)54-45(48)38-36-34-32-30-28-26-23-18-16-14-12-10-8-6-4-2/h6,8,12,14,17-19,23,28,30,34,36,43H,3-5,7,9-11,13,15-16,20-22,24-27,29,31-33,35,37-42,46H2,1-2H3,(H,49,50)/b8-6-,14-12-,19-17-,23-18-,30-28-,36-34-. The third-order valence-electron chi connectivity index (χ3n) is 8.61. The van der Waals surface area contributed by atoms with Crippen LogP contribution in [0, 0.1) is 0 Å². The first-order valence-electron chi connectivity index (χ1n) is 21.4. The Bertz CT molecular complexity index is 1130. The van der Waals surface area contributed by atoms with Crippen molar-refractivity contribution in [2.75, 3.05) is 26.4 Å². The van der Waals surface area contributed by atoms with Crippen LogP contribution in [0.3, 0.4) is 0 Å². The Morgan fingerprint density at radius 2 is 1.05 bits per heavy atom. The molecule has 0 spiro atoms. The van der Waals surface area contributed by atoms with Crippen LogP contribution in [-0.2, 0) is 32.7 Å². The van der Waals surface area contributed by atoms with Crippen LogP contribution in [0.4, 0.5) is 0 Å². The second kappa shape index (κ2) is 41.1. The summed E-state index contributed by atoms with van der Waals surface area (Å²) in [6.45, 7) is 3.49. The molecule has 2 atom stereocenters. The molecule has 316 valence electrons. The number of allylic oxidation sites excluding steroid dienone is 11. The summed E-state index contributed by atoms with van der Waals surface area (Å²) in [5.41, 5.74) is 5.34. The van der Waals surface area contributed by atoms with Crippen LogP contribution in [0.1, 0.15) is 168 Å². The second-order valence-corrected chi connectivity index (χ2v) is 15.3. The first kappa shape index (κ1) is 52.5. The molecule has 10 heteroatoms. The lowest BCUT2D eigenvalue weighted by molar-refractivity contribution is -0.160. The second-order valence-electron chi connectivity index (χ2n) is 13.8. The maximum absolute atomic E-state index is 12.5. The number of phosphoric ester groups is 1. The molecule has 9 nitrogen and oxygen atoms in total. The fourth-order valence-corrected chi connectivity index (χ4v) is 6.23. The first-order chi connectivity index (χ1) is 26.8. The zero-order chi connectivity index (χ0) is 40.3. The van der Waals surface area contributed by atoms with Crippen molar-refractivity contribution in [3.8, 4) is 0 Å². The van der Waals surface area contributed by atoms with Crippen molar-refractivity contribution in [2.24, 2.45) is 5.73 Å². The minimum atomic E-state index is -4.40. The average Bonchev–Trinajstić information content (AvgIpc) is 3.17. The molecule has 0 saturated heterocycles. The Labute approximate surface area is 335 Å². The van der Waals surface area contributed by atoms with Gasteiger partial charge in [-0.2, -0.15) is 0 Å². The van der Waals surface area contributed by atoms with Gasteiger partial charge >= 0.3 is 19.8 Å². The molecular weight excluding hydrogens is 713 g/mol. The molecule has 0 amide bonds. The summed E-state index contributed by atoms with van der Waals surface area (Å²) in [4.78, 5) is 34.8. The van der Waals surface area contributed by atoms with Gasteiger partial charge in [-0.1, -0.05) is 164 Å². The van der Waals surface area contributed by atoms with E-state index in [4.69, 9.17) is 24.3 Å². The van der Waals surface area contributed by atoms with Crippen LogP contribution in [-0.4, -0.2) is 49.3 Å². The molecule has 0 aliphatic carbocycles. The summed E-state index contributed by atoms with van der Waals surface area (Å²) in [5, 5.41) is 0. The summed E-state index contributed by atoms with van der Waals surface area (Å²) < 4.78 is 32.6. The number of esters is 2. The van der Waals surface area contributed by atoms with Crippen molar-refractivity contribution in [2.45, 2.75) is 174 Å². The number of hydrogen-bond donors (Lipinski definition) is 2. The number of nitrogens with two attached hydrogens (primary N) is 1. The molecule has 0 aliphatic rings. The highest BCUT2D eigenvalue weighted by atomic mass is 31.2. The van der Waals surface area contributed by atoms with Crippen LogP contribution >= 0.6 is 7.82 Å². The van der Waals surface area contributed by atoms with E-state index < -0.39 is 32.5 Å². The van der Waals surface area contributed by atoms with E-state index in [0.29, 0.717) is 12.8 Å². The summed E-state index contributed by atoms with van der Waals surface area (Å²) in [7, 11) is -4.40. The van der Waals surface area contributed by atoms with Gasteiger partial charge in [0.1, 0.15) is 6.61 Å². The lowest BCUT2D eigenvalue weighted by atomic mass is 10.1. The number of carbonyl (C=O) groups excluding carboxylic acids is 2. The van der Waals surface area contributed by atoms with Crippen LogP contribution in [0.15, 0.2) is 72.9 Å². The number of rotatable bonds is 39. The molecule has 0 fully saturated rings. The van der Waals surface area contributed by atoms with Gasteiger partial charge in [0, 0.05) is 13.0 Å². The van der Waals surface area contributed by atoms with Crippen molar-refractivity contribution in [1.82, 2.24) is 0 Å². The normalized spacial score (nSPS) is 14.0. The van der Waals surface area contributed by atoms with Crippen molar-refractivity contribution in [1.29, 1.82) is 0 Å². The first-order valence-corrected chi connectivity index (χ1v) is 22.9. The molecule has 2 unspecified atom stereocenters. The summed E-state index contributed by atoms with van der Waals surface area (Å²) in [6, 6.07) is 0. The molecule has 0 aromatic rings. The predicted molar refractivity (Wildman–Crippen MR) is 229 cm³/mol. The fourth-order valence-electron chi connectivity index (χ4n) is 5.47. The van der Waals surface area contributed by atoms with Crippen LogP contribution in [0.5, 0.6) is 0 Å². The lowest BCUT2D eigenvalue weighted by Gasteiger charge is -2.19. The van der Waals surface area contributed by atoms with Gasteiger partial charge in [-0.05, 0) is 64.2 Å². The lowest BCUT2D eigenvalue weighted by Crippen LogP contribution is -2.29. The van der Waals surface area contributed by atoms with E-state index in [0.717, 1.165) is 44.9 Å². The van der Waals surface area contributed by atoms with E-state index in [1.807, 2.05) is 12.2 Å². The summed E-state index contributed by atoms with van der Waals surface area (Å²) >= 11 is 0. The smallest absolute Gasteiger partial charge is 0.462 e. The van der Waals surface area contributed by atoms with Gasteiger partial charge in [0.15, 0.2) is 6.10 Å². The van der Waals surface area contributed by atoms with Crippen LogP contribution in [0.25, 0.3) is 0 Å². The zero-order valence-corrected chi connectivity index (χ0v) is 35.5. The highest BCUT2D eigenvalue weighted by Gasteiger charge is 2.25. The Morgan fingerprint density at radius 3 is 1.56 bits per heavy atom. The highest BCUT2D eigenvalue weighted by molar-refractivity contribution is 7.47. The quantitative estimate of drug-likeness (QED) is 0.0270. The molecule has 0 bridgehead atoms. The number of unbranched alkanes of at least 4 members (excludes halogenated alkanes) is 15. The van der Waals surface area contributed by atoms with Gasteiger partial charge in [-0.15, -0.1) is 0 Å². The largest absolute Gasteiger partial charge is 0.472 e. The Hall–Kier alpha value is -2.55. The number of carbonyl (C=O) groups is 2. The molecule has 0 rings (SSSR count). The van der Waals surface area contributed by atoms with Gasteiger partial charge in [-0.3, -0.25) is 18.6 Å². The number of hydrogen-bond acceptors (Lipinski definition) is 8. The molecule has 55 heavy (non-hydrogen) atoms. The van der Waals surface area contributed by atoms with Gasteiger partial charge in [0.25, 0.3) is 0 Å². The van der Waals surface area contributed by atoms with Crippen LogP contribution < -0.4 is 5.73 Å². The zero-order valence-electron chi connectivity index (χ0n) is 34.6. The molecule has 0 aliphatic heterocycles. The maximum Gasteiger partial charge on any atom is 0.472 e. The van der Waals surface area contributed by atoms with Crippen LogP contribution in [0.2, 0.25) is 0 Å². The summed E-state index contributed by atoms with van der Waals surface area (Å²) in [5.74, 6) is -0.983. The van der Waals surface area contributed by atoms with Crippen molar-refractivity contribution >= 4 is 19.8 Å². The highest BCUT2D eigenvalue weighted by Crippen LogP contribution is 2.43. The Kier molecular flexibility index (Phi) is 39.2. The predicted octanol–water partition coefficient (Wildman–Crippen LogP) is 12.3. The van der Waals surface area contributed by atoms with E-state index in [-0.39, 0.29) is 32.6 Å². The topological polar surface area (TPSA) is 134 Å². The van der Waals surface area contributed by atoms with Crippen molar-refractivity contribution < 1.29 is 37.6 Å². The van der Waals surface area contributed by atoms with E-state index in [1.54, 1.807) is 6.08 Å². The average molecular weight is 792 g/mol. The molecular formula is C45H78NO8P. The van der Waals surface area contributed by atoms with E-state index in [9.17, 15) is 19.0 Å². The van der Waals surface area contributed by atoms with Gasteiger partial charge < -0.3 is 20.1 Å². The Morgan fingerprint density at radius 1 is 0.582 bits per heavy atom. The van der Waals surface area contributed by atoms with E-state index >= 15 is 0 Å². The monoisotopic (exact) mass is 792 g/mol. The van der Waals surface area contributed by atoms with Gasteiger partial charge in [-0.25, -0.2) is 4.57 Å². The van der Waals surface area contributed by atoms with E-state index in [1.165, 1.54) is 83.5 Å². The molecule has 0 heterocycles. The molecule has 0 aromatic heterocycles. The fraction of sp³-hybridized carbons (Fsp3) is 0.689. The van der Waals surface area contributed by atoms with Gasteiger partial charge in [0.2, 0.25) is 0 Å². The minimum Gasteiger partial charge on any atom is -0.462 e. The SMILES string of the molecule is CC/C=C\C/C=C\C/C=C\C/C=C\C/C=C\CC(=O)OC(COC(=O)CCCCCCCCCCC/C=C\CCCCCCCC)COP(=O)(O)OCCN.